The van der Waals surface area contributed by atoms with Gasteiger partial charge in [-0.1, -0.05) is 57.8 Å². The number of ether oxygens (including phenoxy) is 1. The number of rotatable bonds is 10. The Kier molecular flexibility index (Phi) is 7.94. The number of likely N-dealkylation sites (tertiary alicyclic amines) is 1. The third-order valence-electron chi connectivity index (χ3n) is 9.01. The van der Waals surface area contributed by atoms with Gasteiger partial charge in [-0.15, -0.1) is 0 Å². The minimum atomic E-state index is -1.15. The molecule has 4 rings (SSSR count). The zero-order valence-corrected chi connectivity index (χ0v) is 23.2. The molecular formula is C28H40ClN3O5. The van der Waals surface area contributed by atoms with E-state index in [9.17, 15) is 19.5 Å². The Bertz CT molecular complexity index is 1050. The largest absolute Gasteiger partial charge is 0.394 e. The van der Waals surface area contributed by atoms with Gasteiger partial charge in [-0.05, 0) is 50.2 Å². The van der Waals surface area contributed by atoms with E-state index in [0.717, 1.165) is 12.0 Å². The van der Waals surface area contributed by atoms with Gasteiger partial charge in [0.1, 0.15) is 11.6 Å². The van der Waals surface area contributed by atoms with Gasteiger partial charge < -0.3 is 25.4 Å². The lowest BCUT2D eigenvalue weighted by atomic mass is 9.65. The molecular weight excluding hydrogens is 494 g/mol. The summed E-state index contributed by atoms with van der Waals surface area (Å²) in [5.41, 5.74) is -0.666. The average molecular weight is 534 g/mol. The van der Waals surface area contributed by atoms with Crippen LogP contribution in [0.1, 0.15) is 65.4 Å². The van der Waals surface area contributed by atoms with E-state index in [0.29, 0.717) is 42.9 Å². The second kappa shape index (κ2) is 10.5. The molecule has 2 unspecified atom stereocenters. The standard InChI is InChI=1S/C28H40ClN3O5/c1-6-14-30-24(34)20-21-26(36)32(19(15-33)16(4)7-2)23(28(21)13-12-27(20,8-3)37-28)25(35)31-22-17(5)10-9-11-18(22)29/h9-11,16,19-21,23,33H,6-8,12-15H2,1-5H3,(H,30,34)(H,31,35)/t16-,19-,20-,21-,23?,27+,28?/m0/s1. The third kappa shape index (κ3) is 4.25. The second-order valence-electron chi connectivity index (χ2n) is 10.9. The monoisotopic (exact) mass is 533 g/mol. The number of para-hydroxylation sites is 1. The first-order valence-corrected chi connectivity index (χ1v) is 14.0. The number of nitrogens with one attached hydrogen (secondary N) is 2. The number of aryl methyl sites for hydroxylation is 1. The van der Waals surface area contributed by atoms with Crippen molar-refractivity contribution in [3.05, 3.63) is 28.8 Å². The van der Waals surface area contributed by atoms with Crippen LogP contribution in [0.2, 0.25) is 5.02 Å². The van der Waals surface area contributed by atoms with Gasteiger partial charge in [0.2, 0.25) is 17.7 Å². The first-order valence-electron chi connectivity index (χ1n) is 13.6. The molecule has 0 aliphatic carbocycles. The van der Waals surface area contributed by atoms with Crippen LogP contribution in [0.15, 0.2) is 18.2 Å². The van der Waals surface area contributed by atoms with E-state index in [-0.39, 0.29) is 24.3 Å². The lowest BCUT2D eigenvalue weighted by Crippen LogP contribution is -2.57. The number of carbonyl (C=O) groups is 3. The van der Waals surface area contributed by atoms with E-state index < -0.39 is 41.0 Å². The number of fused-ring (bicyclic) bond motifs is 1. The van der Waals surface area contributed by atoms with Gasteiger partial charge in [0.15, 0.2) is 0 Å². The fourth-order valence-electron chi connectivity index (χ4n) is 6.87. The predicted molar refractivity (Wildman–Crippen MR) is 142 cm³/mol. The topological polar surface area (TPSA) is 108 Å². The highest BCUT2D eigenvalue weighted by molar-refractivity contribution is 6.34. The molecule has 3 N–H and O–H groups in total. The van der Waals surface area contributed by atoms with Crippen LogP contribution in [0, 0.1) is 24.7 Å². The Morgan fingerprint density at radius 1 is 1.24 bits per heavy atom. The van der Waals surface area contributed by atoms with Gasteiger partial charge in [0, 0.05) is 6.54 Å². The van der Waals surface area contributed by atoms with Crippen LogP contribution in [0.25, 0.3) is 0 Å². The summed E-state index contributed by atoms with van der Waals surface area (Å²) in [5.74, 6) is -2.44. The molecule has 3 aliphatic rings. The minimum absolute atomic E-state index is 0.0637. The van der Waals surface area contributed by atoms with Gasteiger partial charge in [0.05, 0.1) is 40.8 Å². The number of benzene rings is 1. The van der Waals surface area contributed by atoms with Gasteiger partial charge in [-0.2, -0.15) is 0 Å². The fourth-order valence-corrected chi connectivity index (χ4v) is 7.13. The molecule has 204 valence electrons. The normalized spacial score (nSPS) is 31.8. The Balaban J connectivity index is 1.82. The number of anilines is 1. The number of nitrogens with zero attached hydrogens (tertiary/aromatic N) is 1. The molecule has 7 atom stereocenters. The van der Waals surface area contributed by atoms with Crippen molar-refractivity contribution >= 4 is 35.0 Å². The molecule has 1 spiro atoms. The Morgan fingerprint density at radius 2 is 1.97 bits per heavy atom. The van der Waals surface area contributed by atoms with E-state index in [1.807, 2.05) is 46.8 Å². The van der Waals surface area contributed by atoms with Crippen LogP contribution in [0.5, 0.6) is 0 Å². The maximum Gasteiger partial charge on any atom is 0.250 e. The Labute approximate surface area is 224 Å². The van der Waals surface area contributed by atoms with E-state index in [1.165, 1.54) is 4.90 Å². The lowest BCUT2D eigenvalue weighted by molar-refractivity contribution is -0.150. The molecule has 1 aromatic carbocycles. The summed E-state index contributed by atoms with van der Waals surface area (Å²) in [5, 5.41) is 16.8. The van der Waals surface area contributed by atoms with Crippen molar-refractivity contribution < 1.29 is 24.2 Å². The molecule has 37 heavy (non-hydrogen) atoms. The van der Waals surface area contributed by atoms with Crippen LogP contribution in [0.3, 0.4) is 0 Å². The number of amides is 3. The first kappa shape index (κ1) is 27.9. The van der Waals surface area contributed by atoms with Crippen molar-refractivity contribution in [2.24, 2.45) is 17.8 Å². The summed E-state index contributed by atoms with van der Waals surface area (Å²) in [6.45, 7) is 9.98. The molecule has 3 fully saturated rings. The van der Waals surface area contributed by atoms with Crippen LogP contribution in [0.4, 0.5) is 5.69 Å². The minimum Gasteiger partial charge on any atom is -0.394 e. The molecule has 8 nitrogen and oxygen atoms in total. The highest BCUT2D eigenvalue weighted by atomic mass is 35.5. The van der Waals surface area contributed by atoms with Gasteiger partial charge >= 0.3 is 0 Å². The van der Waals surface area contributed by atoms with Crippen LogP contribution >= 0.6 is 11.6 Å². The number of aliphatic hydroxyl groups excluding tert-OH is 1. The molecule has 3 saturated heterocycles. The zero-order valence-electron chi connectivity index (χ0n) is 22.5. The number of hydrogen-bond acceptors (Lipinski definition) is 5. The summed E-state index contributed by atoms with van der Waals surface area (Å²) in [6.07, 6.45) is 3.13. The number of aliphatic hydroxyl groups is 1. The number of halogens is 1. The van der Waals surface area contributed by atoms with Crippen molar-refractivity contribution in [3.63, 3.8) is 0 Å². The summed E-state index contributed by atoms with van der Waals surface area (Å²) in [4.78, 5) is 43.5. The van der Waals surface area contributed by atoms with Crippen molar-refractivity contribution in [1.29, 1.82) is 0 Å². The van der Waals surface area contributed by atoms with Crippen molar-refractivity contribution in [1.82, 2.24) is 10.2 Å². The quantitative estimate of drug-likeness (QED) is 0.425. The highest BCUT2D eigenvalue weighted by Crippen LogP contribution is 2.64. The predicted octanol–water partition coefficient (Wildman–Crippen LogP) is 3.67. The SMILES string of the molecule is CCCNC(=O)[C@@H]1[C@H]2C(=O)N([C@@H](CO)[C@@H](C)CC)C(C(=O)Nc3c(C)cccc3Cl)C23CC[C@@]1(CC)O3. The summed E-state index contributed by atoms with van der Waals surface area (Å²) >= 11 is 6.43. The summed E-state index contributed by atoms with van der Waals surface area (Å²) < 4.78 is 6.78. The summed E-state index contributed by atoms with van der Waals surface area (Å²) in [6, 6.07) is 3.79. The molecule has 0 saturated carbocycles. The van der Waals surface area contributed by atoms with Crippen LogP contribution < -0.4 is 10.6 Å². The molecule has 0 aromatic heterocycles. The zero-order chi connectivity index (χ0) is 27.1. The maximum atomic E-state index is 14.3. The summed E-state index contributed by atoms with van der Waals surface area (Å²) in [7, 11) is 0. The van der Waals surface area contributed by atoms with Gasteiger partial charge in [-0.3, -0.25) is 14.4 Å². The Hall–Kier alpha value is -2.16. The first-order chi connectivity index (χ1) is 17.6. The van der Waals surface area contributed by atoms with Crippen LogP contribution in [-0.4, -0.2) is 64.2 Å². The molecule has 3 heterocycles. The molecule has 1 aromatic rings. The molecule has 3 amide bonds. The van der Waals surface area contributed by atoms with Gasteiger partial charge in [0.25, 0.3) is 0 Å². The van der Waals surface area contributed by atoms with E-state index >= 15 is 0 Å². The average Bonchev–Trinajstić information content (AvgIpc) is 3.49. The molecule has 2 bridgehead atoms. The van der Waals surface area contributed by atoms with Crippen molar-refractivity contribution in [2.75, 3.05) is 18.5 Å². The molecule has 0 radical (unpaired) electrons. The van der Waals surface area contributed by atoms with Gasteiger partial charge in [-0.25, -0.2) is 0 Å². The molecule has 3 aliphatic heterocycles. The number of carbonyl (C=O) groups excluding carboxylic acids is 3. The third-order valence-corrected chi connectivity index (χ3v) is 9.33. The van der Waals surface area contributed by atoms with E-state index in [1.54, 1.807) is 6.07 Å². The maximum absolute atomic E-state index is 14.3. The lowest BCUT2D eigenvalue weighted by Gasteiger charge is -2.39. The van der Waals surface area contributed by atoms with Crippen molar-refractivity contribution in [3.8, 4) is 0 Å². The van der Waals surface area contributed by atoms with Crippen LogP contribution in [-0.2, 0) is 19.1 Å². The number of hydrogen-bond donors (Lipinski definition) is 3. The molecule has 9 heteroatoms. The highest BCUT2D eigenvalue weighted by Gasteiger charge is 2.79. The fraction of sp³-hybridized carbons (Fsp3) is 0.679. The second-order valence-corrected chi connectivity index (χ2v) is 11.3. The Morgan fingerprint density at radius 3 is 2.57 bits per heavy atom. The van der Waals surface area contributed by atoms with Crippen molar-refractivity contribution in [2.45, 2.75) is 90.0 Å². The van der Waals surface area contributed by atoms with E-state index in [2.05, 4.69) is 10.6 Å². The van der Waals surface area contributed by atoms with E-state index in [4.69, 9.17) is 16.3 Å². The smallest absolute Gasteiger partial charge is 0.250 e.